The van der Waals surface area contributed by atoms with E-state index in [1.54, 1.807) is 29.5 Å². The number of rotatable bonds is 6. The van der Waals surface area contributed by atoms with E-state index < -0.39 is 73.8 Å². The lowest BCUT2D eigenvalue weighted by molar-refractivity contribution is -0.0459. The Balaban J connectivity index is 0.000000215. The lowest BCUT2D eigenvalue weighted by Crippen LogP contribution is -2.33. The zero-order chi connectivity index (χ0) is 28.4. The van der Waals surface area contributed by atoms with Crippen molar-refractivity contribution in [1.29, 1.82) is 0 Å². The molecule has 0 unspecified atom stereocenters. The first kappa shape index (κ1) is 30.5. The monoisotopic (exact) mass is 676 g/mol. The Kier molecular flexibility index (Phi) is 10.0. The number of halogens is 1. The topological polar surface area (TPSA) is 256 Å². The molecule has 4 heterocycles. The lowest BCUT2D eigenvalue weighted by atomic mass is 10.2. The molecule has 0 saturated carbocycles. The molecule has 2 aromatic heterocycles. The van der Waals surface area contributed by atoms with Crippen molar-refractivity contribution in [1.82, 2.24) is 19.1 Å². The van der Waals surface area contributed by atoms with Crippen molar-refractivity contribution in [3.05, 3.63) is 63.2 Å². The van der Waals surface area contributed by atoms with Crippen molar-refractivity contribution in [3.63, 3.8) is 0 Å². The van der Waals surface area contributed by atoms with Crippen LogP contribution in [-0.2, 0) is 18.6 Å². The van der Waals surface area contributed by atoms with Gasteiger partial charge in [0.1, 0.15) is 24.7 Å². The van der Waals surface area contributed by atoms with Gasteiger partial charge >= 0.3 is 19.2 Å². The summed E-state index contributed by atoms with van der Waals surface area (Å²) in [6.07, 6.45) is -2.17. The molecule has 0 bridgehead atoms. The van der Waals surface area contributed by atoms with Gasteiger partial charge in [-0.15, -0.1) is 0 Å². The maximum absolute atomic E-state index is 11.7. The van der Waals surface area contributed by atoms with Gasteiger partial charge in [-0.3, -0.25) is 33.2 Å². The van der Waals surface area contributed by atoms with Crippen LogP contribution in [-0.4, -0.2) is 81.8 Å². The average Bonchev–Trinajstić information content (AvgIpc) is 3.39. The molecule has 2 saturated heterocycles. The Hall–Kier alpha value is -2.00. The normalized spacial score (nSPS) is 27.2. The highest BCUT2D eigenvalue weighted by atomic mass is 127. The van der Waals surface area contributed by atoms with E-state index in [9.17, 15) is 34.0 Å². The molecule has 0 amide bonds. The van der Waals surface area contributed by atoms with Gasteiger partial charge in [-0.05, 0) is 29.5 Å². The molecule has 0 spiro atoms. The minimum atomic E-state index is -4.67. The Bertz CT molecular complexity index is 1410. The summed E-state index contributed by atoms with van der Waals surface area (Å²) in [5.41, 5.74) is -1.87. The minimum Gasteiger partial charge on any atom is -0.394 e. The van der Waals surface area contributed by atoms with Gasteiger partial charge in [-0.25, -0.2) is 14.2 Å². The lowest BCUT2D eigenvalue weighted by Gasteiger charge is -2.16. The third-order valence-electron chi connectivity index (χ3n) is 5.69. The van der Waals surface area contributed by atoms with Crippen LogP contribution >= 0.6 is 30.4 Å². The first-order valence-corrected chi connectivity index (χ1v) is 13.6. The summed E-state index contributed by atoms with van der Waals surface area (Å²) in [6, 6.07) is 0. The van der Waals surface area contributed by atoms with Crippen molar-refractivity contribution in [3.8, 4) is 0 Å². The van der Waals surface area contributed by atoms with E-state index in [1.165, 1.54) is 17.0 Å². The van der Waals surface area contributed by atoms with E-state index in [0.717, 1.165) is 4.57 Å². The second-order valence-corrected chi connectivity index (χ2v) is 10.9. The molecule has 2 aliphatic heterocycles. The molecule has 2 aliphatic rings. The molecule has 6 atom stereocenters. The number of hydrogen-bond acceptors (Lipinski definition) is 11. The van der Waals surface area contributed by atoms with Crippen molar-refractivity contribution >= 4 is 30.4 Å². The molecule has 2 fully saturated rings. The number of phosphoric acid groups is 1. The molecule has 7 N–H and O–H groups in total. The second-order valence-electron chi connectivity index (χ2n) is 8.46. The highest BCUT2D eigenvalue weighted by Crippen LogP contribution is 2.38. The van der Waals surface area contributed by atoms with Crippen LogP contribution in [0.1, 0.15) is 30.9 Å². The van der Waals surface area contributed by atoms with E-state index in [-0.39, 0.29) is 23.0 Å². The first-order valence-electron chi connectivity index (χ1n) is 11.0. The van der Waals surface area contributed by atoms with Crippen LogP contribution in [0.3, 0.4) is 0 Å². The first-order chi connectivity index (χ1) is 17.7. The molecular weight excluding hydrogens is 650 g/mol. The number of aliphatic hydroxyl groups is 3. The Morgan fingerprint density at radius 2 is 1.47 bits per heavy atom. The highest BCUT2D eigenvalue weighted by Gasteiger charge is 2.37. The number of nitrogens with one attached hydrogen (secondary N) is 2. The molecular formula is C19H26IN4O13P. The summed E-state index contributed by atoms with van der Waals surface area (Å²) >= 11 is 1.74. The van der Waals surface area contributed by atoms with E-state index in [2.05, 4.69) is 14.5 Å². The van der Waals surface area contributed by atoms with E-state index in [0.29, 0.717) is 5.56 Å². The van der Waals surface area contributed by atoms with Gasteiger partial charge in [0.05, 0.1) is 29.0 Å². The van der Waals surface area contributed by atoms with Gasteiger partial charge in [0.15, 0.2) is 0 Å². The van der Waals surface area contributed by atoms with Crippen LogP contribution in [0.5, 0.6) is 0 Å². The molecule has 4 rings (SSSR count). The molecule has 2 aromatic rings. The van der Waals surface area contributed by atoms with Crippen LogP contribution in [0.15, 0.2) is 31.6 Å². The number of phosphoric ester groups is 1. The molecule has 0 aromatic carbocycles. The summed E-state index contributed by atoms with van der Waals surface area (Å²) in [7, 11) is -4.67. The van der Waals surface area contributed by atoms with Crippen LogP contribution in [0.2, 0.25) is 0 Å². The quantitative estimate of drug-likeness (QED) is 0.122. The molecule has 212 valence electrons. The Morgan fingerprint density at radius 3 is 2.00 bits per heavy atom. The number of ether oxygens (including phenoxy) is 2. The fourth-order valence-corrected chi connectivity index (χ4v) is 4.51. The number of nitrogens with zero attached hydrogens (tertiary/aromatic N) is 2. The molecule has 0 radical (unpaired) electrons. The fraction of sp³-hybridized carbons (Fsp3) is 0.579. The predicted molar refractivity (Wildman–Crippen MR) is 134 cm³/mol. The summed E-state index contributed by atoms with van der Waals surface area (Å²) in [6.45, 7) is 0.746. The Labute approximate surface area is 226 Å². The van der Waals surface area contributed by atoms with E-state index in [4.69, 9.17) is 24.4 Å². The zero-order valence-corrected chi connectivity index (χ0v) is 22.7. The third-order valence-corrected chi connectivity index (χ3v) is 6.94. The predicted octanol–water partition coefficient (Wildman–Crippen LogP) is -2.62. The second kappa shape index (κ2) is 12.5. The Morgan fingerprint density at radius 1 is 0.974 bits per heavy atom. The fourth-order valence-electron chi connectivity index (χ4n) is 3.73. The summed E-state index contributed by atoms with van der Waals surface area (Å²) < 4.78 is 28.2. The highest BCUT2D eigenvalue weighted by molar-refractivity contribution is 14.1. The van der Waals surface area contributed by atoms with Crippen molar-refractivity contribution in [2.75, 3.05) is 13.2 Å². The molecule has 19 heteroatoms. The number of aryl methyl sites for hydroxylation is 1. The maximum Gasteiger partial charge on any atom is 0.469 e. The molecule has 0 aliphatic carbocycles. The van der Waals surface area contributed by atoms with E-state index >= 15 is 0 Å². The van der Waals surface area contributed by atoms with Crippen LogP contribution in [0.25, 0.3) is 0 Å². The van der Waals surface area contributed by atoms with Gasteiger partial charge in [0.2, 0.25) is 0 Å². The number of aliphatic hydroxyl groups excluding tert-OH is 3. The van der Waals surface area contributed by atoms with Crippen LogP contribution in [0.4, 0.5) is 0 Å². The van der Waals surface area contributed by atoms with E-state index in [1.807, 2.05) is 0 Å². The van der Waals surface area contributed by atoms with Crippen LogP contribution in [0, 0.1) is 10.5 Å². The average molecular weight is 676 g/mol. The number of aromatic amines is 2. The van der Waals surface area contributed by atoms with Crippen LogP contribution < -0.4 is 22.5 Å². The van der Waals surface area contributed by atoms with Crippen molar-refractivity contribution in [2.45, 2.75) is 56.6 Å². The minimum absolute atomic E-state index is 0.0250. The number of aromatic nitrogens is 4. The molecule has 38 heavy (non-hydrogen) atoms. The molecule has 17 nitrogen and oxygen atoms in total. The van der Waals surface area contributed by atoms with Crippen molar-refractivity contribution < 1.29 is 43.7 Å². The van der Waals surface area contributed by atoms with Gasteiger partial charge < -0.3 is 34.6 Å². The largest absolute Gasteiger partial charge is 0.469 e. The summed E-state index contributed by atoms with van der Waals surface area (Å²) in [5, 5.41) is 28.3. The maximum atomic E-state index is 11.7. The van der Waals surface area contributed by atoms with Crippen molar-refractivity contribution in [2.24, 2.45) is 0 Å². The smallest absolute Gasteiger partial charge is 0.394 e. The number of hydrogen-bond donors (Lipinski definition) is 7. The third kappa shape index (κ3) is 7.56. The van der Waals surface area contributed by atoms with Gasteiger partial charge in [0.25, 0.3) is 11.1 Å². The van der Waals surface area contributed by atoms with Gasteiger partial charge in [-0.1, -0.05) is 0 Å². The SMILES string of the molecule is Cc1cn([C@H]2C[C@H](O)[C@@H](CO)O2)c(=O)[nH]c1=O.O=c1[nH]c(=O)n([C@H]2C[C@H](O)[C@@H](COP(=O)(O)O)O2)cc1I. The summed E-state index contributed by atoms with van der Waals surface area (Å²) in [5.74, 6) is 0. The standard InChI is InChI=1S/C10H14N2O5.C9H12IN2O8P/c1-5-3-12(10(16)11-9(5)15)8-2-6(14)7(4-13)17-8;10-4-2-12(9(15)11-8(4)14)7-1-5(13)6(20-7)3-19-21(16,17)18/h3,6-8,13-14H,2,4H2,1H3,(H,11,15,16);2,5-7,13H,1,3H2,(H,11,14,15)(H2,16,17,18)/t6-,7+,8+;5-,6+,7+/m00/s1. The van der Waals surface area contributed by atoms with Gasteiger partial charge in [-0.2, -0.15) is 0 Å². The summed E-state index contributed by atoms with van der Waals surface area (Å²) in [4.78, 5) is 67.2. The number of H-pyrrole nitrogens is 2. The van der Waals surface area contributed by atoms with Gasteiger partial charge in [0, 0.05) is 30.8 Å². The zero-order valence-electron chi connectivity index (χ0n) is 19.7.